The Kier molecular flexibility index (Phi) is 0.935. The van der Waals surface area contributed by atoms with E-state index in [2.05, 4.69) is 9.68 Å². The van der Waals surface area contributed by atoms with Crippen LogP contribution in [0.3, 0.4) is 0 Å². The summed E-state index contributed by atoms with van der Waals surface area (Å²) in [6.07, 6.45) is -1.46. The Labute approximate surface area is 38.7 Å². The lowest BCUT2D eigenvalue weighted by Crippen LogP contribution is -2.13. The summed E-state index contributed by atoms with van der Waals surface area (Å²) in [5, 5.41) is 8.24. The zero-order valence-electron chi connectivity index (χ0n) is 3.25. The van der Waals surface area contributed by atoms with Crippen LogP contribution in [-0.4, -0.2) is 17.4 Å². The Hall–Kier alpha value is -0.650. The fraction of sp³-hybridized carbons (Fsp3) is 0.500. The van der Waals surface area contributed by atoms with Gasteiger partial charge in [0, 0.05) is 0 Å². The molecule has 0 aromatic heterocycles. The molecule has 1 aliphatic heterocycles. The Bertz CT molecular complexity index is 91.7. The lowest BCUT2D eigenvalue weighted by atomic mass is 10.7. The normalized spacial score (nSPS) is 30.4. The second-order valence-corrected chi connectivity index (χ2v) is 0.975. The highest BCUT2D eigenvalue weighted by Gasteiger charge is 2.24. The van der Waals surface area contributed by atoms with Crippen LogP contribution in [0, 0.1) is 0 Å². The molecular formula is C2H3NO4. The van der Waals surface area contributed by atoms with Gasteiger partial charge in [0.05, 0.1) is 0 Å². The maximum Gasteiger partial charge on any atom is 0.385 e. The monoisotopic (exact) mass is 105 g/mol. The van der Waals surface area contributed by atoms with Gasteiger partial charge in [-0.2, -0.15) is 0 Å². The number of aliphatic hydroxyl groups excluding tert-OH is 1. The summed E-state index contributed by atoms with van der Waals surface area (Å²) in [6.45, 7) is 0. The van der Waals surface area contributed by atoms with Crippen molar-refractivity contribution in [2.45, 2.75) is 6.29 Å². The molecule has 0 aliphatic carbocycles. The first-order chi connectivity index (χ1) is 3.30. The third kappa shape index (κ3) is 0.687. The van der Waals surface area contributed by atoms with Gasteiger partial charge in [-0.25, -0.2) is 9.63 Å². The van der Waals surface area contributed by atoms with Crippen molar-refractivity contribution in [3.63, 3.8) is 0 Å². The molecule has 7 heavy (non-hydrogen) atoms. The fourth-order valence-electron chi connectivity index (χ4n) is 0.209. The van der Waals surface area contributed by atoms with E-state index in [1.165, 1.54) is 0 Å². The molecule has 1 aliphatic rings. The highest BCUT2D eigenvalue weighted by molar-refractivity contribution is 5.73. The van der Waals surface area contributed by atoms with Crippen LogP contribution in [0.1, 0.15) is 0 Å². The van der Waals surface area contributed by atoms with Crippen molar-refractivity contribution in [3.8, 4) is 0 Å². The summed E-state index contributed by atoms with van der Waals surface area (Å²) < 4.78 is 0. The Morgan fingerprint density at radius 2 is 2.57 bits per heavy atom. The molecule has 0 amide bonds. The molecule has 0 bridgehead atoms. The Morgan fingerprint density at radius 3 is 2.71 bits per heavy atom. The molecule has 1 saturated heterocycles. The third-order valence-corrected chi connectivity index (χ3v) is 0.504. The van der Waals surface area contributed by atoms with Gasteiger partial charge in [-0.1, -0.05) is 0 Å². The zero-order valence-corrected chi connectivity index (χ0v) is 3.25. The van der Waals surface area contributed by atoms with E-state index in [1.807, 2.05) is 0 Å². The van der Waals surface area contributed by atoms with Gasteiger partial charge in [-0.3, -0.25) is 0 Å². The van der Waals surface area contributed by atoms with Crippen LogP contribution in [0.25, 0.3) is 0 Å². The number of hydrogen-bond donors (Lipinski definition) is 2. The number of carbonyl (C=O) groups excluding carboxylic acids is 1. The molecular weight excluding hydrogens is 102 g/mol. The molecule has 0 saturated carbocycles. The summed E-state index contributed by atoms with van der Waals surface area (Å²) in [5.41, 5.74) is 1.72. The highest BCUT2D eigenvalue weighted by Crippen LogP contribution is 1.93. The number of hydrogen-bond acceptors (Lipinski definition) is 5. The van der Waals surface area contributed by atoms with E-state index < -0.39 is 12.3 Å². The average molecular weight is 105 g/mol. The molecule has 0 spiro atoms. The van der Waals surface area contributed by atoms with E-state index in [0.29, 0.717) is 0 Å². The predicted octanol–water partition coefficient (Wildman–Crippen LogP) is -1.70. The first-order valence-corrected chi connectivity index (χ1v) is 1.60. The van der Waals surface area contributed by atoms with Crippen molar-refractivity contribution >= 4 is 5.97 Å². The molecule has 0 aromatic carbocycles. The molecule has 0 radical (unpaired) electrons. The van der Waals surface area contributed by atoms with E-state index in [0.717, 1.165) is 0 Å². The smallest absolute Gasteiger partial charge is 0.358 e. The van der Waals surface area contributed by atoms with Gasteiger partial charge in [0.1, 0.15) is 0 Å². The zero-order chi connectivity index (χ0) is 5.28. The Balaban J connectivity index is 2.48. The molecule has 5 heteroatoms. The summed E-state index contributed by atoms with van der Waals surface area (Å²) >= 11 is 0. The van der Waals surface area contributed by atoms with Crippen molar-refractivity contribution in [1.82, 2.24) is 5.64 Å². The van der Waals surface area contributed by atoms with Crippen LogP contribution < -0.4 is 5.64 Å². The maximum absolute atomic E-state index is 9.91. The van der Waals surface area contributed by atoms with Gasteiger partial charge in [0.25, 0.3) is 6.29 Å². The van der Waals surface area contributed by atoms with Gasteiger partial charge in [-0.05, 0) is 5.64 Å². The largest absolute Gasteiger partial charge is 0.385 e. The maximum atomic E-state index is 9.91. The van der Waals surface area contributed by atoms with E-state index in [-0.39, 0.29) is 0 Å². The topological polar surface area (TPSA) is 67.8 Å². The quantitative estimate of drug-likeness (QED) is 0.384. The van der Waals surface area contributed by atoms with Gasteiger partial charge < -0.3 is 9.94 Å². The molecule has 1 rings (SSSR count). The van der Waals surface area contributed by atoms with E-state index in [9.17, 15) is 4.79 Å². The van der Waals surface area contributed by atoms with E-state index in [1.54, 1.807) is 5.64 Å². The first-order valence-electron chi connectivity index (χ1n) is 1.60. The molecule has 2 N–H and O–H groups in total. The van der Waals surface area contributed by atoms with Crippen LogP contribution in [0.2, 0.25) is 0 Å². The van der Waals surface area contributed by atoms with Crippen molar-refractivity contribution in [1.29, 1.82) is 0 Å². The van der Waals surface area contributed by atoms with Gasteiger partial charge in [0.2, 0.25) is 0 Å². The van der Waals surface area contributed by atoms with Gasteiger partial charge in [0.15, 0.2) is 0 Å². The molecule has 0 aromatic rings. The predicted molar refractivity (Wildman–Crippen MR) is 16.3 cm³/mol. The summed E-state index contributed by atoms with van der Waals surface area (Å²) in [4.78, 5) is 17.8. The highest BCUT2D eigenvalue weighted by atomic mass is 17.0. The standard InChI is InChI=1S/C2H3NO4/c4-1-2(5)7-3-6-1/h1,3-4H. The lowest BCUT2D eigenvalue weighted by molar-refractivity contribution is -0.148. The van der Waals surface area contributed by atoms with Crippen LogP contribution in [-0.2, 0) is 14.5 Å². The minimum Gasteiger partial charge on any atom is -0.358 e. The minimum atomic E-state index is -1.46. The van der Waals surface area contributed by atoms with Crippen molar-refractivity contribution in [3.05, 3.63) is 0 Å². The summed E-state index contributed by atoms with van der Waals surface area (Å²) in [7, 11) is 0. The number of carbonyl (C=O) groups is 1. The number of rotatable bonds is 0. The van der Waals surface area contributed by atoms with Crippen molar-refractivity contribution in [2.24, 2.45) is 0 Å². The lowest BCUT2D eigenvalue weighted by Gasteiger charge is -1.85. The summed E-state index contributed by atoms with van der Waals surface area (Å²) in [6, 6.07) is 0. The summed E-state index contributed by atoms with van der Waals surface area (Å²) in [5.74, 6) is -0.819. The molecule has 1 unspecified atom stereocenters. The molecule has 40 valence electrons. The number of aliphatic hydroxyl groups is 1. The van der Waals surface area contributed by atoms with Crippen LogP contribution in [0.15, 0.2) is 0 Å². The van der Waals surface area contributed by atoms with Crippen LogP contribution in [0.5, 0.6) is 0 Å². The number of nitrogens with one attached hydrogen (secondary N) is 1. The minimum absolute atomic E-state index is 0.819. The molecule has 1 heterocycles. The fourth-order valence-corrected chi connectivity index (χ4v) is 0.209. The van der Waals surface area contributed by atoms with Crippen molar-refractivity contribution in [2.75, 3.05) is 0 Å². The second-order valence-electron chi connectivity index (χ2n) is 0.975. The van der Waals surface area contributed by atoms with Gasteiger partial charge in [-0.15, -0.1) is 0 Å². The van der Waals surface area contributed by atoms with Crippen LogP contribution >= 0.6 is 0 Å². The van der Waals surface area contributed by atoms with Crippen LogP contribution in [0.4, 0.5) is 0 Å². The van der Waals surface area contributed by atoms with E-state index >= 15 is 0 Å². The molecule has 5 nitrogen and oxygen atoms in total. The molecule has 1 atom stereocenters. The average Bonchev–Trinajstić information content (AvgIpc) is 1.91. The SMILES string of the molecule is O=C1ONOC1O. The van der Waals surface area contributed by atoms with Crippen molar-refractivity contribution < 1.29 is 19.6 Å². The second kappa shape index (κ2) is 1.45. The molecule has 1 fully saturated rings. The van der Waals surface area contributed by atoms with E-state index in [4.69, 9.17) is 5.11 Å². The first kappa shape index (κ1) is 4.51. The third-order valence-electron chi connectivity index (χ3n) is 0.504. The Morgan fingerprint density at radius 1 is 1.86 bits per heavy atom. The van der Waals surface area contributed by atoms with Gasteiger partial charge >= 0.3 is 5.97 Å².